The van der Waals surface area contributed by atoms with Crippen molar-refractivity contribution >= 4 is 0 Å². The van der Waals surface area contributed by atoms with E-state index in [1.807, 2.05) is 6.07 Å². The Kier molecular flexibility index (Phi) is 2.82. The minimum Gasteiger partial charge on any atom is -0.508 e. The Morgan fingerprint density at radius 3 is 2.87 bits per heavy atom. The van der Waals surface area contributed by atoms with Gasteiger partial charge in [-0.05, 0) is 50.4 Å². The van der Waals surface area contributed by atoms with Crippen molar-refractivity contribution in [3.8, 4) is 11.5 Å². The number of nitrogens with one attached hydrogen (secondary N) is 1. The lowest BCUT2D eigenvalue weighted by molar-refractivity contribution is 0.433. The lowest BCUT2D eigenvalue weighted by Crippen LogP contribution is -2.10. The van der Waals surface area contributed by atoms with E-state index >= 15 is 0 Å². The predicted octanol–water partition coefficient (Wildman–Crippen LogP) is 1.56. The topological polar surface area (TPSA) is 52.5 Å². The van der Waals surface area contributed by atoms with Crippen LogP contribution in [-0.2, 0) is 6.42 Å². The highest BCUT2D eigenvalue weighted by molar-refractivity contribution is 5.47. The maximum atomic E-state index is 9.86. The van der Waals surface area contributed by atoms with E-state index in [1.54, 1.807) is 13.0 Å². The lowest BCUT2D eigenvalue weighted by atomic mass is 9.96. The first kappa shape index (κ1) is 10.3. The Labute approximate surface area is 89.8 Å². The molecule has 1 atom stereocenters. The molecule has 0 radical (unpaired) electrons. The van der Waals surface area contributed by atoms with Gasteiger partial charge in [0.2, 0.25) is 0 Å². The molecule has 3 N–H and O–H groups in total. The van der Waals surface area contributed by atoms with Crippen LogP contribution in [0, 0.1) is 12.8 Å². The Morgan fingerprint density at radius 1 is 1.40 bits per heavy atom. The van der Waals surface area contributed by atoms with Gasteiger partial charge < -0.3 is 15.5 Å². The number of phenols is 2. The van der Waals surface area contributed by atoms with Gasteiger partial charge in [0.25, 0.3) is 0 Å². The molecule has 82 valence electrons. The average molecular weight is 207 g/mol. The fraction of sp³-hybridized carbons (Fsp3) is 0.500. The molecule has 0 bridgehead atoms. The van der Waals surface area contributed by atoms with Crippen LogP contribution in [0.2, 0.25) is 0 Å². The summed E-state index contributed by atoms with van der Waals surface area (Å²) in [5.41, 5.74) is 1.53. The second kappa shape index (κ2) is 4.11. The molecular weight excluding hydrogens is 190 g/mol. The summed E-state index contributed by atoms with van der Waals surface area (Å²) in [4.78, 5) is 0. The van der Waals surface area contributed by atoms with E-state index in [9.17, 15) is 10.2 Å². The van der Waals surface area contributed by atoms with Gasteiger partial charge >= 0.3 is 0 Å². The van der Waals surface area contributed by atoms with E-state index in [1.165, 1.54) is 6.42 Å². The largest absolute Gasteiger partial charge is 0.508 e. The predicted molar refractivity (Wildman–Crippen MR) is 59.2 cm³/mol. The van der Waals surface area contributed by atoms with E-state index < -0.39 is 0 Å². The Balaban J connectivity index is 2.17. The normalized spacial score (nSPS) is 20.7. The van der Waals surface area contributed by atoms with Crippen LogP contribution in [0.5, 0.6) is 11.5 Å². The highest BCUT2D eigenvalue weighted by Crippen LogP contribution is 2.31. The van der Waals surface area contributed by atoms with Crippen LogP contribution in [0.25, 0.3) is 0 Å². The van der Waals surface area contributed by atoms with Crippen molar-refractivity contribution in [2.24, 2.45) is 5.92 Å². The number of hydrogen-bond acceptors (Lipinski definition) is 3. The average Bonchev–Trinajstić information content (AvgIpc) is 2.72. The third-order valence-corrected chi connectivity index (χ3v) is 3.16. The third kappa shape index (κ3) is 2.07. The Bertz CT molecular complexity index is 357. The molecule has 3 heteroatoms. The van der Waals surface area contributed by atoms with Gasteiger partial charge in [0.15, 0.2) is 0 Å². The van der Waals surface area contributed by atoms with Crippen molar-refractivity contribution in [1.29, 1.82) is 0 Å². The summed E-state index contributed by atoms with van der Waals surface area (Å²) in [5.74, 6) is 1.03. The molecule has 1 saturated heterocycles. The molecule has 1 fully saturated rings. The van der Waals surface area contributed by atoms with Gasteiger partial charge in [-0.2, -0.15) is 0 Å². The van der Waals surface area contributed by atoms with Crippen LogP contribution < -0.4 is 5.32 Å². The van der Waals surface area contributed by atoms with E-state index in [2.05, 4.69) is 5.32 Å². The van der Waals surface area contributed by atoms with Gasteiger partial charge in [-0.25, -0.2) is 0 Å². The van der Waals surface area contributed by atoms with Gasteiger partial charge in [-0.15, -0.1) is 0 Å². The zero-order valence-electron chi connectivity index (χ0n) is 8.95. The summed E-state index contributed by atoms with van der Waals surface area (Å²) in [7, 11) is 0. The molecule has 1 heterocycles. The SMILES string of the molecule is Cc1c(O)ccc(CC2CCNC2)c1O. The van der Waals surface area contributed by atoms with Crippen molar-refractivity contribution in [2.45, 2.75) is 19.8 Å². The molecule has 15 heavy (non-hydrogen) atoms. The Hall–Kier alpha value is -1.22. The quantitative estimate of drug-likeness (QED) is 0.689. The van der Waals surface area contributed by atoms with Crippen molar-refractivity contribution < 1.29 is 10.2 Å². The molecule has 0 amide bonds. The second-order valence-electron chi connectivity index (χ2n) is 4.28. The molecule has 1 aromatic carbocycles. The maximum Gasteiger partial charge on any atom is 0.125 e. The van der Waals surface area contributed by atoms with Crippen molar-refractivity contribution in [1.82, 2.24) is 5.32 Å². The van der Waals surface area contributed by atoms with Crippen molar-refractivity contribution in [3.63, 3.8) is 0 Å². The first-order valence-electron chi connectivity index (χ1n) is 5.39. The highest BCUT2D eigenvalue weighted by atomic mass is 16.3. The molecule has 2 rings (SSSR count). The molecule has 0 aliphatic carbocycles. The summed E-state index contributed by atoms with van der Waals surface area (Å²) in [5, 5.41) is 22.6. The van der Waals surface area contributed by atoms with Crippen LogP contribution in [0.15, 0.2) is 12.1 Å². The molecule has 0 saturated carbocycles. The standard InChI is InChI=1S/C12H17NO2/c1-8-11(14)3-2-10(12(8)15)6-9-4-5-13-7-9/h2-3,9,13-15H,4-7H2,1H3. The number of benzene rings is 1. The number of hydrogen-bond donors (Lipinski definition) is 3. The molecule has 3 nitrogen and oxygen atoms in total. The van der Waals surface area contributed by atoms with Gasteiger partial charge in [-0.1, -0.05) is 6.07 Å². The fourth-order valence-corrected chi connectivity index (χ4v) is 2.11. The number of phenolic OH excluding ortho intramolecular Hbond substituents is 2. The number of rotatable bonds is 2. The van der Waals surface area contributed by atoms with Crippen LogP contribution in [0.1, 0.15) is 17.5 Å². The van der Waals surface area contributed by atoms with Gasteiger partial charge in [0.05, 0.1) is 0 Å². The summed E-state index contributed by atoms with van der Waals surface area (Å²) in [6.07, 6.45) is 2.05. The van der Waals surface area contributed by atoms with E-state index in [0.717, 1.165) is 25.1 Å². The Morgan fingerprint density at radius 2 is 2.20 bits per heavy atom. The smallest absolute Gasteiger partial charge is 0.125 e. The monoisotopic (exact) mass is 207 g/mol. The maximum absolute atomic E-state index is 9.86. The van der Waals surface area contributed by atoms with Gasteiger partial charge in [0.1, 0.15) is 11.5 Å². The molecule has 1 unspecified atom stereocenters. The molecule has 0 spiro atoms. The molecule has 1 aliphatic rings. The first-order valence-corrected chi connectivity index (χ1v) is 5.39. The molecular formula is C12H17NO2. The van der Waals surface area contributed by atoms with Crippen LogP contribution in [-0.4, -0.2) is 23.3 Å². The van der Waals surface area contributed by atoms with Crippen LogP contribution in [0.4, 0.5) is 0 Å². The fourth-order valence-electron chi connectivity index (χ4n) is 2.11. The van der Waals surface area contributed by atoms with E-state index in [-0.39, 0.29) is 11.5 Å². The first-order chi connectivity index (χ1) is 7.18. The zero-order valence-corrected chi connectivity index (χ0v) is 8.95. The zero-order chi connectivity index (χ0) is 10.8. The summed E-state index contributed by atoms with van der Waals surface area (Å²) < 4.78 is 0. The van der Waals surface area contributed by atoms with E-state index in [0.29, 0.717) is 11.5 Å². The van der Waals surface area contributed by atoms with E-state index in [4.69, 9.17) is 0 Å². The summed E-state index contributed by atoms with van der Waals surface area (Å²) in [6, 6.07) is 3.47. The summed E-state index contributed by atoms with van der Waals surface area (Å²) >= 11 is 0. The highest BCUT2D eigenvalue weighted by Gasteiger charge is 2.17. The molecule has 0 aromatic heterocycles. The molecule has 1 aromatic rings. The van der Waals surface area contributed by atoms with Gasteiger partial charge in [-0.3, -0.25) is 0 Å². The minimum atomic E-state index is 0.167. The lowest BCUT2D eigenvalue weighted by Gasteiger charge is -2.12. The molecule has 1 aliphatic heterocycles. The minimum absolute atomic E-state index is 0.167. The number of aromatic hydroxyl groups is 2. The van der Waals surface area contributed by atoms with Crippen molar-refractivity contribution in [3.05, 3.63) is 23.3 Å². The summed E-state index contributed by atoms with van der Waals surface area (Å²) in [6.45, 7) is 3.84. The second-order valence-corrected chi connectivity index (χ2v) is 4.28. The van der Waals surface area contributed by atoms with Crippen LogP contribution in [0.3, 0.4) is 0 Å². The third-order valence-electron chi connectivity index (χ3n) is 3.16. The van der Waals surface area contributed by atoms with Crippen LogP contribution >= 0.6 is 0 Å². The van der Waals surface area contributed by atoms with Crippen molar-refractivity contribution in [2.75, 3.05) is 13.1 Å². The van der Waals surface area contributed by atoms with Gasteiger partial charge in [0, 0.05) is 5.56 Å².